The Morgan fingerprint density at radius 3 is 2.31 bits per heavy atom. The van der Waals surface area contributed by atoms with Crippen LogP contribution in [0.1, 0.15) is 51.8 Å². The molecule has 0 amide bonds. The second-order valence-corrected chi connectivity index (χ2v) is 9.43. The summed E-state index contributed by atoms with van der Waals surface area (Å²) < 4.78 is 8.22. The van der Waals surface area contributed by atoms with E-state index in [-0.39, 0.29) is 24.4 Å². The SMILES string of the molecule is CC(=O)[C@@H](C)[C@@H](C)n1c(=O)nc(Nc2ccc(OC(C)C)c(C)c2)n(Cc2ccc(Cl)cc2)c1=O. The van der Waals surface area contributed by atoms with Gasteiger partial charge in [-0.25, -0.2) is 14.2 Å². The molecule has 0 unspecified atom stereocenters. The lowest BCUT2D eigenvalue weighted by molar-refractivity contribution is -0.121. The number of hydrogen-bond donors (Lipinski definition) is 1. The van der Waals surface area contributed by atoms with Crippen molar-refractivity contribution in [2.24, 2.45) is 5.92 Å². The average Bonchev–Trinajstić information content (AvgIpc) is 2.78. The van der Waals surface area contributed by atoms with Gasteiger partial charge in [-0.05, 0) is 76.1 Å². The Labute approximate surface area is 209 Å². The lowest BCUT2D eigenvalue weighted by Gasteiger charge is -2.22. The molecule has 1 N–H and O–H groups in total. The molecule has 8 nitrogen and oxygen atoms in total. The summed E-state index contributed by atoms with van der Waals surface area (Å²) in [6, 6.07) is 11.9. The molecule has 0 saturated carbocycles. The number of rotatable bonds is 9. The zero-order valence-corrected chi connectivity index (χ0v) is 21.6. The molecule has 186 valence electrons. The maximum absolute atomic E-state index is 13.6. The molecule has 0 saturated heterocycles. The summed E-state index contributed by atoms with van der Waals surface area (Å²) in [6.45, 7) is 10.8. The van der Waals surface area contributed by atoms with Crippen LogP contribution in [0.25, 0.3) is 0 Å². The van der Waals surface area contributed by atoms with Crippen LogP contribution in [0.5, 0.6) is 5.75 Å². The number of anilines is 2. The zero-order valence-electron chi connectivity index (χ0n) is 20.8. The maximum Gasteiger partial charge on any atom is 0.355 e. The van der Waals surface area contributed by atoms with E-state index in [0.717, 1.165) is 21.4 Å². The Kier molecular flexibility index (Phi) is 8.17. The molecule has 35 heavy (non-hydrogen) atoms. The first-order chi connectivity index (χ1) is 16.5. The van der Waals surface area contributed by atoms with Gasteiger partial charge in [0.2, 0.25) is 5.95 Å². The van der Waals surface area contributed by atoms with Crippen molar-refractivity contribution >= 4 is 29.0 Å². The number of halogens is 1. The van der Waals surface area contributed by atoms with E-state index in [4.69, 9.17) is 16.3 Å². The highest BCUT2D eigenvalue weighted by Crippen LogP contribution is 2.25. The highest BCUT2D eigenvalue weighted by molar-refractivity contribution is 6.30. The zero-order chi connectivity index (χ0) is 25.9. The highest BCUT2D eigenvalue weighted by atomic mass is 35.5. The second-order valence-electron chi connectivity index (χ2n) is 8.99. The van der Waals surface area contributed by atoms with Gasteiger partial charge in [0, 0.05) is 22.7 Å². The average molecular weight is 499 g/mol. The summed E-state index contributed by atoms with van der Waals surface area (Å²) in [5.41, 5.74) is 1.07. The van der Waals surface area contributed by atoms with Crippen molar-refractivity contribution in [1.82, 2.24) is 14.1 Å². The van der Waals surface area contributed by atoms with Crippen LogP contribution in [0.3, 0.4) is 0 Å². The van der Waals surface area contributed by atoms with Gasteiger partial charge in [0.05, 0.1) is 12.6 Å². The van der Waals surface area contributed by atoms with Crippen LogP contribution >= 0.6 is 11.6 Å². The van der Waals surface area contributed by atoms with Crippen molar-refractivity contribution in [3.05, 3.63) is 79.6 Å². The third-order valence-electron chi connectivity index (χ3n) is 5.92. The molecule has 1 aromatic heterocycles. The number of benzene rings is 2. The quantitative estimate of drug-likeness (QED) is 0.458. The van der Waals surface area contributed by atoms with E-state index < -0.39 is 23.3 Å². The van der Waals surface area contributed by atoms with E-state index in [1.54, 1.807) is 44.2 Å². The minimum atomic E-state index is -0.720. The smallest absolute Gasteiger partial charge is 0.355 e. The van der Waals surface area contributed by atoms with Crippen LogP contribution in [0.15, 0.2) is 52.1 Å². The number of nitrogens with zero attached hydrogens (tertiary/aromatic N) is 3. The lowest BCUT2D eigenvalue weighted by atomic mass is 10.00. The van der Waals surface area contributed by atoms with Gasteiger partial charge in [0.1, 0.15) is 11.5 Å². The number of nitrogens with one attached hydrogen (secondary N) is 1. The van der Waals surface area contributed by atoms with Gasteiger partial charge in [-0.3, -0.25) is 9.36 Å². The molecular weight excluding hydrogens is 468 g/mol. The van der Waals surface area contributed by atoms with Gasteiger partial charge in [-0.1, -0.05) is 30.7 Å². The Morgan fingerprint density at radius 1 is 1.09 bits per heavy atom. The fraction of sp³-hybridized carbons (Fsp3) is 0.385. The number of carbonyl (C=O) groups is 1. The van der Waals surface area contributed by atoms with Gasteiger partial charge in [0.15, 0.2) is 0 Å². The maximum atomic E-state index is 13.6. The fourth-order valence-corrected chi connectivity index (χ4v) is 3.80. The summed E-state index contributed by atoms with van der Waals surface area (Å²) in [5, 5.41) is 3.69. The minimum absolute atomic E-state index is 0.0331. The van der Waals surface area contributed by atoms with E-state index in [0.29, 0.717) is 10.7 Å². The summed E-state index contributed by atoms with van der Waals surface area (Å²) >= 11 is 6.01. The van der Waals surface area contributed by atoms with Gasteiger partial charge >= 0.3 is 11.4 Å². The van der Waals surface area contributed by atoms with Crippen molar-refractivity contribution in [1.29, 1.82) is 0 Å². The fourth-order valence-electron chi connectivity index (χ4n) is 3.67. The first kappa shape index (κ1) is 26.2. The molecule has 0 spiro atoms. The third-order valence-corrected chi connectivity index (χ3v) is 6.17. The van der Waals surface area contributed by atoms with Crippen molar-refractivity contribution in [3.63, 3.8) is 0 Å². The number of ether oxygens (including phenoxy) is 1. The van der Waals surface area contributed by atoms with Crippen molar-refractivity contribution in [2.45, 2.75) is 60.2 Å². The predicted octanol–water partition coefficient (Wildman–Crippen LogP) is 4.73. The molecule has 9 heteroatoms. The number of hydrogen-bond acceptors (Lipinski definition) is 6. The number of ketones is 1. The van der Waals surface area contributed by atoms with Crippen molar-refractivity contribution in [3.8, 4) is 5.75 Å². The third kappa shape index (κ3) is 6.19. The summed E-state index contributed by atoms with van der Waals surface area (Å²) in [4.78, 5) is 42.7. The van der Waals surface area contributed by atoms with Gasteiger partial charge < -0.3 is 10.1 Å². The number of carbonyl (C=O) groups excluding carboxylic acids is 1. The van der Waals surface area contributed by atoms with E-state index in [1.165, 1.54) is 11.5 Å². The Morgan fingerprint density at radius 2 is 1.74 bits per heavy atom. The molecular formula is C26H31ClN4O4. The van der Waals surface area contributed by atoms with Crippen molar-refractivity contribution in [2.75, 3.05) is 5.32 Å². The molecule has 0 fully saturated rings. The minimum Gasteiger partial charge on any atom is -0.491 e. The van der Waals surface area contributed by atoms with E-state index in [1.807, 2.05) is 32.9 Å². The van der Waals surface area contributed by atoms with Crippen molar-refractivity contribution < 1.29 is 9.53 Å². The van der Waals surface area contributed by atoms with Crippen LogP contribution < -0.4 is 21.4 Å². The van der Waals surface area contributed by atoms with Crippen LogP contribution in [0.4, 0.5) is 11.6 Å². The predicted molar refractivity (Wildman–Crippen MR) is 138 cm³/mol. The van der Waals surface area contributed by atoms with Gasteiger partial charge in [0.25, 0.3) is 0 Å². The van der Waals surface area contributed by atoms with E-state index in [9.17, 15) is 14.4 Å². The number of aryl methyl sites for hydroxylation is 1. The van der Waals surface area contributed by atoms with Crippen LogP contribution in [0.2, 0.25) is 5.02 Å². The van der Waals surface area contributed by atoms with E-state index >= 15 is 0 Å². The van der Waals surface area contributed by atoms with E-state index in [2.05, 4.69) is 10.3 Å². The molecule has 2 aromatic carbocycles. The lowest BCUT2D eigenvalue weighted by Crippen LogP contribution is -2.46. The Hall–Kier alpha value is -3.39. The monoisotopic (exact) mass is 498 g/mol. The molecule has 0 bridgehead atoms. The number of aromatic nitrogens is 3. The summed E-state index contributed by atoms with van der Waals surface area (Å²) in [5.74, 6) is 0.209. The Bertz CT molecular complexity index is 1330. The normalized spacial score (nSPS) is 12.9. The summed E-state index contributed by atoms with van der Waals surface area (Å²) in [7, 11) is 0. The largest absolute Gasteiger partial charge is 0.491 e. The van der Waals surface area contributed by atoms with Gasteiger partial charge in [-0.2, -0.15) is 4.98 Å². The molecule has 0 aliphatic rings. The molecule has 1 heterocycles. The van der Waals surface area contributed by atoms with Gasteiger partial charge in [-0.15, -0.1) is 0 Å². The van der Waals surface area contributed by atoms with Crippen LogP contribution in [0, 0.1) is 12.8 Å². The summed E-state index contributed by atoms with van der Waals surface area (Å²) in [6.07, 6.45) is 0.0331. The standard InChI is InChI=1S/C26H31ClN4O4/c1-15(2)35-23-12-11-22(13-16(23)3)28-24-29-25(33)31(18(5)17(4)19(6)32)26(34)30(24)14-20-7-9-21(27)10-8-20/h7-13,15,17-18H,14H2,1-6H3,(H,28,29,33)/t17-,18+/m0/s1. The second kappa shape index (κ2) is 10.9. The first-order valence-corrected chi connectivity index (χ1v) is 11.9. The van der Waals surface area contributed by atoms with Crippen LogP contribution in [-0.4, -0.2) is 26.0 Å². The first-order valence-electron chi connectivity index (χ1n) is 11.5. The molecule has 0 aliphatic heterocycles. The topological polar surface area (TPSA) is 95.2 Å². The molecule has 3 rings (SSSR count). The Balaban J connectivity index is 2.10. The molecule has 3 aromatic rings. The highest BCUT2D eigenvalue weighted by Gasteiger charge is 2.24. The number of Topliss-reactive ketones (excluding diaryl/α,β-unsaturated/α-hetero) is 1. The molecule has 0 radical (unpaired) electrons. The molecule has 0 aliphatic carbocycles. The van der Waals surface area contributed by atoms with Crippen LogP contribution in [-0.2, 0) is 11.3 Å². The molecule has 2 atom stereocenters.